The second-order valence-corrected chi connectivity index (χ2v) is 8.06. The molecule has 7 heteroatoms. The summed E-state index contributed by atoms with van der Waals surface area (Å²) in [6.07, 6.45) is 1.60. The maximum Gasteiger partial charge on any atom is 0.276 e. The lowest BCUT2D eigenvalue weighted by Crippen LogP contribution is -2.46. The van der Waals surface area contributed by atoms with Gasteiger partial charge < -0.3 is 19.6 Å². The number of likely N-dealkylation sites (tertiary alicyclic amines) is 1. The van der Waals surface area contributed by atoms with Gasteiger partial charge >= 0.3 is 0 Å². The van der Waals surface area contributed by atoms with Gasteiger partial charge in [-0.15, -0.1) is 0 Å². The molecule has 1 fully saturated rings. The Hall–Kier alpha value is -2.67. The van der Waals surface area contributed by atoms with Crippen molar-refractivity contribution in [2.75, 3.05) is 40.3 Å². The summed E-state index contributed by atoms with van der Waals surface area (Å²) >= 11 is 0. The first-order valence-electron chi connectivity index (χ1n) is 10.1. The molecule has 1 N–H and O–H groups in total. The van der Waals surface area contributed by atoms with Crippen molar-refractivity contribution in [3.63, 3.8) is 0 Å². The summed E-state index contributed by atoms with van der Waals surface area (Å²) in [5.41, 5.74) is 3.54. The largest absolute Gasteiger partial charge is 0.355 e. The molecule has 0 aliphatic carbocycles. The maximum atomic E-state index is 12.9. The Balaban J connectivity index is 1.63. The summed E-state index contributed by atoms with van der Waals surface area (Å²) in [6.45, 7) is 6.54. The van der Waals surface area contributed by atoms with Crippen LogP contribution in [0.15, 0.2) is 28.8 Å². The number of likely N-dealkylation sites (N-methyl/N-ethyl adjacent to an activating group) is 1. The minimum absolute atomic E-state index is 0.0142. The first-order valence-corrected chi connectivity index (χ1v) is 10.1. The maximum absolute atomic E-state index is 12.9. The van der Waals surface area contributed by atoms with E-state index in [-0.39, 0.29) is 23.4 Å². The molecule has 156 valence electrons. The smallest absolute Gasteiger partial charge is 0.276 e. The van der Waals surface area contributed by atoms with Crippen LogP contribution in [0.3, 0.4) is 0 Å². The Labute approximate surface area is 172 Å². The number of aromatic nitrogens is 1. The predicted octanol–water partition coefficient (Wildman–Crippen LogP) is 2.49. The van der Waals surface area contributed by atoms with Gasteiger partial charge in [-0.2, -0.15) is 0 Å². The zero-order valence-electron chi connectivity index (χ0n) is 17.7. The zero-order valence-corrected chi connectivity index (χ0v) is 17.7. The number of rotatable bonds is 6. The number of nitrogens with zero attached hydrogens (tertiary/aromatic N) is 3. The zero-order chi connectivity index (χ0) is 21.0. The van der Waals surface area contributed by atoms with Crippen LogP contribution < -0.4 is 5.32 Å². The Morgan fingerprint density at radius 1 is 1.24 bits per heavy atom. The van der Waals surface area contributed by atoms with E-state index >= 15 is 0 Å². The van der Waals surface area contributed by atoms with Gasteiger partial charge in [-0.25, -0.2) is 0 Å². The Kier molecular flexibility index (Phi) is 6.69. The molecular formula is C22H30N4O3. The average molecular weight is 399 g/mol. The fourth-order valence-corrected chi connectivity index (χ4v) is 3.49. The number of nitrogens with one attached hydrogen (secondary N) is 1. The molecule has 1 aliphatic heterocycles. The fourth-order valence-electron chi connectivity index (χ4n) is 3.49. The number of hydrogen-bond acceptors (Lipinski definition) is 5. The molecule has 1 aliphatic rings. The normalized spacial score (nSPS) is 16.9. The lowest BCUT2D eigenvalue weighted by Gasteiger charge is -2.31. The molecule has 0 saturated carbocycles. The SMILES string of the molecule is Cc1ccc(-c2cc(C(=O)N3CCCC(C(=O)NCCN(C)C)C3)no2)cc1C. The highest BCUT2D eigenvalue weighted by Crippen LogP contribution is 2.24. The monoisotopic (exact) mass is 398 g/mol. The second-order valence-electron chi connectivity index (χ2n) is 8.06. The molecule has 7 nitrogen and oxygen atoms in total. The van der Waals surface area contributed by atoms with Crippen molar-refractivity contribution in [1.82, 2.24) is 20.3 Å². The first-order chi connectivity index (χ1) is 13.8. The number of carbonyl (C=O) groups is 2. The average Bonchev–Trinajstić information content (AvgIpc) is 3.19. The number of carbonyl (C=O) groups excluding carboxylic acids is 2. The minimum atomic E-state index is -0.186. The number of aryl methyl sites for hydroxylation is 2. The van der Waals surface area contributed by atoms with Crippen molar-refractivity contribution in [1.29, 1.82) is 0 Å². The number of piperidine rings is 1. The third kappa shape index (κ3) is 5.23. The van der Waals surface area contributed by atoms with E-state index < -0.39 is 0 Å². The Morgan fingerprint density at radius 2 is 2.03 bits per heavy atom. The highest BCUT2D eigenvalue weighted by molar-refractivity contribution is 5.93. The quantitative estimate of drug-likeness (QED) is 0.809. The predicted molar refractivity (Wildman–Crippen MR) is 112 cm³/mol. The number of amides is 2. The van der Waals surface area contributed by atoms with Gasteiger partial charge in [-0.3, -0.25) is 9.59 Å². The summed E-state index contributed by atoms with van der Waals surface area (Å²) in [4.78, 5) is 29.1. The Morgan fingerprint density at radius 3 is 2.76 bits per heavy atom. The van der Waals surface area contributed by atoms with E-state index in [0.717, 1.165) is 30.5 Å². The van der Waals surface area contributed by atoms with Gasteiger partial charge in [0.15, 0.2) is 11.5 Å². The summed E-state index contributed by atoms with van der Waals surface area (Å²) in [7, 11) is 3.94. The van der Waals surface area contributed by atoms with Crippen LogP contribution in [0.25, 0.3) is 11.3 Å². The third-order valence-electron chi connectivity index (χ3n) is 5.46. The van der Waals surface area contributed by atoms with Crippen LogP contribution >= 0.6 is 0 Å². The van der Waals surface area contributed by atoms with E-state index in [1.807, 2.05) is 44.1 Å². The molecule has 0 spiro atoms. The lowest BCUT2D eigenvalue weighted by atomic mass is 9.97. The second kappa shape index (κ2) is 9.22. The molecule has 0 radical (unpaired) electrons. The third-order valence-corrected chi connectivity index (χ3v) is 5.46. The van der Waals surface area contributed by atoms with Crippen molar-refractivity contribution in [2.24, 2.45) is 5.92 Å². The summed E-state index contributed by atoms with van der Waals surface area (Å²) in [5.74, 6) is 0.224. The van der Waals surface area contributed by atoms with Crippen LogP contribution in [-0.4, -0.2) is 67.0 Å². The van der Waals surface area contributed by atoms with Crippen molar-refractivity contribution in [3.8, 4) is 11.3 Å². The van der Waals surface area contributed by atoms with Crippen LogP contribution in [0.4, 0.5) is 0 Å². The van der Waals surface area contributed by atoms with Gasteiger partial charge in [0.05, 0.1) is 5.92 Å². The van der Waals surface area contributed by atoms with Gasteiger partial charge in [0.2, 0.25) is 5.91 Å². The first kappa shape index (κ1) is 21.0. The van der Waals surface area contributed by atoms with Crippen LogP contribution in [0, 0.1) is 19.8 Å². The summed E-state index contributed by atoms with van der Waals surface area (Å²) < 4.78 is 5.43. The molecular weight excluding hydrogens is 368 g/mol. The van der Waals surface area contributed by atoms with Crippen molar-refractivity contribution < 1.29 is 14.1 Å². The highest BCUT2D eigenvalue weighted by atomic mass is 16.5. The van der Waals surface area contributed by atoms with Crippen LogP contribution in [0.2, 0.25) is 0 Å². The standard InChI is InChI=1S/C22H30N4O3/c1-15-7-8-17(12-16(15)2)20-13-19(24-29-20)22(28)26-10-5-6-18(14-26)21(27)23-9-11-25(3)4/h7-8,12-13,18H,5-6,9-11,14H2,1-4H3,(H,23,27). The van der Waals surface area contributed by atoms with Crippen molar-refractivity contribution in [2.45, 2.75) is 26.7 Å². The minimum Gasteiger partial charge on any atom is -0.355 e. The highest BCUT2D eigenvalue weighted by Gasteiger charge is 2.30. The van der Waals surface area contributed by atoms with Crippen LogP contribution in [0.1, 0.15) is 34.5 Å². The van der Waals surface area contributed by atoms with Crippen molar-refractivity contribution >= 4 is 11.8 Å². The van der Waals surface area contributed by atoms with E-state index in [1.54, 1.807) is 11.0 Å². The molecule has 2 heterocycles. The number of hydrogen-bond donors (Lipinski definition) is 1. The van der Waals surface area contributed by atoms with Crippen LogP contribution in [-0.2, 0) is 4.79 Å². The summed E-state index contributed by atoms with van der Waals surface area (Å²) in [6, 6.07) is 7.71. The molecule has 1 atom stereocenters. The molecule has 3 rings (SSSR count). The molecule has 1 aromatic heterocycles. The van der Waals surface area contributed by atoms with E-state index in [2.05, 4.69) is 17.4 Å². The molecule has 1 saturated heterocycles. The van der Waals surface area contributed by atoms with Gasteiger partial charge in [-0.05, 0) is 58.0 Å². The molecule has 1 unspecified atom stereocenters. The van der Waals surface area contributed by atoms with Crippen molar-refractivity contribution in [3.05, 3.63) is 41.1 Å². The molecule has 29 heavy (non-hydrogen) atoms. The fraction of sp³-hybridized carbons (Fsp3) is 0.500. The molecule has 1 aromatic carbocycles. The number of benzene rings is 1. The van der Waals surface area contributed by atoms with Crippen LogP contribution in [0.5, 0.6) is 0 Å². The molecule has 0 bridgehead atoms. The molecule has 2 aromatic rings. The van der Waals surface area contributed by atoms with Gasteiger partial charge in [0, 0.05) is 37.8 Å². The lowest BCUT2D eigenvalue weighted by molar-refractivity contribution is -0.126. The van der Waals surface area contributed by atoms with E-state index in [4.69, 9.17) is 4.52 Å². The van der Waals surface area contributed by atoms with E-state index in [0.29, 0.717) is 25.4 Å². The van der Waals surface area contributed by atoms with Gasteiger partial charge in [0.1, 0.15) is 0 Å². The van der Waals surface area contributed by atoms with Gasteiger partial charge in [0.25, 0.3) is 5.91 Å². The molecule has 2 amide bonds. The van der Waals surface area contributed by atoms with E-state index in [9.17, 15) is 9.59 Å². The topological polar surface area (TPSA) is 78.7 Å². The van der Waals surface area contributed by atoms with E-state index in [1.165, 1.54) is 5.56 Å². The van der Waals surface area contributed by atoms with Gasteiger partial charge in [-0.1, -0.05) is 17.3 Å². The Bertz CT molecular complexity index is 875. The summed E-state index contributed by atoms with van der Waals surface area (Å²) in [5, 5.41) is 6.95.